The van der Waals surface area contributed by atoms with Gasteiger partial charge >= 0.3 is 0 Å². The molecule has 4 aromatic rings. The van der Waals surface area contributed by atoms with Gasteiger partial charge in [-0.3, -0.25) is 4.99 Å². The fourth-order valence-corrected chi connectivity index (χ4v) is 2.76. The molecule has 0 bridgehead atoms. The minimum absolute atomic E-state index is 0.979. The summed E-state index contributed by atoms with van der Waals surface area (Å²) in [4.78, 5) is 4.61. The summed E-state index contributed by atoms with van der Waals surface area (Å²) in [5.74, 6) is 0. The van der Waals surface area contributed by atoms with Crippen molar-refractivity contribution in [3.05, 3.63) is 90.5 Å². The van der Waals surface area contributed by atoms with E-state index in [1.54, 1.807) is 0 Å². The van der Waals surface area contributed by atoms with Crippen LogP contribution >= 0.6 is 0 Å². The molecule has 1 heteroatoms. The molecule has 0 heterocycles. The minimum Gasteiger partial charge on any atom is -0.256 e. The first-order chi connectivity index (χ1) is 10.9. The molecular weight excluding hydrogens is 266 g/mol. The zero-order valence-electron chi connectivity index (χ0n) is 12.1. The van der Waals surface area contributed by atoms with E-state index in [0.717, 1.165) is 11.3 Å². The quantitative estimate of drug-likeness (QED) is 0.328. The topological polar surface area (TPSA) is 12.4 Å². The van der Waals surface area contributed by atoms with Gasteiger partial charge in [0.15, 0.2) is 0 Å². The number of aliphatic imine (C=N–C) groups is 1. The van der Waals surface area contributed by atoms with Gasteiger partial charge in [0.1, 0.15) is 0 Å². The number of hydrogen-bond acceptors (Lipinski definition) is 1. The second-order valence-corrected chi connectivity index (χ2v) is 5.36. The van der Waals surface area contributed by atoms with Crippen LogP contribution in [0.2, 0.25) is 0 Å². The Bertz CT molecular complexity index is 969. The van der Waals surface area contributed by atoms with E-state index in [9.17, 15) is 0 Å². The third kappa shape index (κ3) is 2.38. The van der Waals surface area contributed by atoms with Crippen molar-refractivity contribution in [2.75, 3.05) is 0 Å². The summed E-state index contributed by atoms with van der Waals surface area (Å²) in [6.45, 7) is 0. The zero-order chi connectivity index (χ0) is 14.8. The third-order valence-electron chi connectivity index (χ3n) is 3.89. The van der Waals surface area contributed by atoms with Gasteiger partial charge in [-0.05, 0) is 39.2 Å². The van der Waals surface area contributed by atoms with Crippen LogP contribution in [0.3, 0.4) is 0 Å². The van der Waals surface area contributed by atoms with E-state index in [-0.39, 0.29) is 0 Å². The van der Waals surface area contributed by atoms with E-state index in [2.05, 4.69) is 71.7 Å². The standard InChI is InChI=1S/C21H15N/c1-2-6-16(7-3-1)15-22-19-13-12-18-11-10-17-8-4-5-9-20(17)21(18)14-19/h1-15H. The molecule has 0 radical (unpaired) electrons. The first-order valence-electron chi connectivity index (χ1n) is 7.41. The van der Waals surface area contributed by atoms with Gasteiger partial charge < -0.3 is 0 Å². The molecule has 22 heavy (non-hydrogen) atoms. The first-order valence-corrected chi connectivity index (χ1v) is 7.41. The van der Waals surface area contributed by atoms with Crippen LogP contribution < -0.4 is 0 Å². The molecule has 0 aliphatic carbocycles. The Morgan fingerprint density at radius 2 is 1.27 bits per heavy atom. The van der Waals surface area contributed by atoms with Crippen LogP contribution in [-0.2, 0) is 0 Å². The summed E-state index contributed by atoms with van der Waals surface area (Å²) in [6, 6.07) is 29.4. The highest BCUT2D eigenvalue weighted by Gasteiger charge is 2.00. The summed E-state index contributed by atoms with van der Waals surface area (Å²) in [5.41, 5.74) is 2.09. The maximum atomic E-state index is 4.61. The van der Waals surface area contributed by atoms with E-state index >= 15 is 0 Å². The fourth-order valence-electron chi connectivity index (χ4n) is 2.76. The molecule has 0 fully saturated rings. The number of benzene rings is 4. The summed E-state index contributed by atoms with van der Waals surface area (Å²) in [6.07, 6.45) is 1.91. The molecule has 0 N–H and O–H groups in total. The van der Waals surface area contributed by atoms with Crippen LogP contribution in [-0.4, -0.2) is 6.21 Å². The van der Waals surface area contributed by atoms with Gasteiger partial charge in [-0.2, -0.15) is 0 Å². The number of fused-ring (bicyclic) bond motifs is 3. The molecular formula is C21H15N. The van der Waals surface area contributed by atoms with Gasteiger partial charge in [0.25, 0.3) is 0 Å². The molecule has 1 nitrogen and oxygen atoms in total. The second kappa shape index (κ2) is 5.45. The van der Waals surface area contributed by atoms with Gasteiger partial charge in [0, 0.05) is 6.21 Å². The number of hydrogen-bond donors (Lipinski definition) is 0. The minimum atomic E-state index is 0.979. The van der Waals surface area contributed by atoms with Crippen LogP contribution in [0, 0.1) is 0 Å². The molecule has 0 aliphatic heterocycles. The molecule has 0 unspecified atom stereocenters. The van der Waals surface area contributed by atoms with Crippen LogP contribution in [0.1, 0.15) is 5.56 Å². The average molecular weight is 281 g/mol. The number of rotatable bonds is 2. The molecule has 0 atom stereocenters. The van der Waals surface area contributed by atoms with Crippen molar-refractivity contribution < 1.29 is 0 Å². The Morgan fingerprint density at radius 3 is 2.14 bits per heavy atom. The van der Waals surface area contributed by atoms with Crippen molar-refractivity contribution in [3.8, 4) is 0 Å². The highest BCUT2D eigenvalue weighted by Crippen LogP contribution is 2.28. The molecule has 4 aromatic carbocycles. The fraction of sp³-hybridized carbons (Fsp3) is 0. The second-order valence-electron chi connectivity index (χ2n) is 5.36. The molecule has 0 amide bonds. The van der Waals surface area contributed by atoms with E-state index in [0.29, 0.717) is 0 Å². The normalized spacial score (nSPS) is 11.5. The van der Waals surface area contributed by atoms with Crippen molar-refractivity contribution in [1.29, 1.82) is 0 Å². The summed E-state index contributed by atoms with van der Waals surface area (Å²) < 4.78 is 0. The maximum absolute atomic E-state index is 4.61. The van der Waals surface area contributed by atoms with Crippen LogP contribution in [0.25, 0.3) is 21.5 Å². The molecule has 104 valence electrons. The highest BCUT2D eigenvalue weighted by molar-refractivity contribution is 6.08. The highest BCUT2D eigenvalue weighted by atomic mass is 14.7. The Balaban J connectivity index is 1.83. The molecule has 0 aromatic heterocycles. The van der Waals surface area contributed by atoms with Crippen molar-refractivity contribution in [1.82, 2.24) is 0 Å². The Kier molecular flexibility index (Phi) is 3.17. The van der Waals surface area contributed by atoms with Crippen molar-refractivity contribution in [3.63, 3.8) is 0 Å². The zero-order valence-corrected chi connectivity index (χ0v) is 12.1. The SMILES string of the molecule is C(=Nc1ccc2ccc3ccccc3c2c1)c1ccccc1. The third-order valence-corrected chi connectivity index (χ3v) is 3.89. The van der Waals surface area contributed by atoms with Crippen molar-refractivity contribution >= 4 is 33.4 Å². The van der Waals surface area contributed by atoms with Gasteiger partial charge in [0.05, 0.1) is 5.69 Å². The lowest BCUT2D eigenvalue weighted by atomic mass is 10.0. The van der Waals surface area contributed by atoms with E-state index < -0.39 is 0 Å². The smallest absolute Gasteiger partial charge is 0.0636 e. The Morgan fingerprint density at radius 1 is 0.591 bits per heavy atom. The van der Waals surface area contributed by atoms with Gasteiger partial charge in [0.2, 0.25) is 0 Å². The number of nitrogens with zero attached hydrogens (tertiary/aromatic N) is 1. The van der Waals surface area contributed by atoms with Crippen LogP contribution in [0.4, 0.5) is 5.69 Å². The van der Waals surface area contributed by atoms with E-state index in [4.69, 9.17) is 0 Å². The Labute approximate surface area is 129 Å². The van der Waals surface area contributed by atoms with Crippen molar-refractivity contribution in [2.24, 2.45) is 4.99 Å². The van der Waals surface area contributed by atoms with Crippen molar-refractivity contribution in [2.45, 2.75) is 0 Å². The summed E-state index contributed by atoms with van der Waals surface area (Å²) in [5, 5.41) is 5.04. The van der Waals surface area contributed by atoms with Gasteiger partial charge in [-0.25, -0.2) is 0 Å². The van der Waals surface area contributed by atoms with Gasteiger partial charge in [-0.15, -0.1) is 0 Å². The largest absolute Gasteiger partial charge is 0.256 e. The predicted octanol–water partition coefficient (Wildman–Crippen LogP) is 5.74. The Hall–Kier alpha value is -2.93. The lowest BCUT2D eigenvalue weighted by Gasteiger charge is -2.04. The van der Waals surface area contributed by atoms with Crippen LogP contribution in [0.5, 0.6) is 0 Å². The molecule has 0 saturated carbocycles. The molecule has 4 rings (SSSR count). The van der Waals surface area contributed by atoms with Crippen LogP contribution in [0.15, 0.2) is 89.9 Å². The first kappa shape index (κ1) is 12.8. The molecule has 0 aliphatic rings. The van der Waals surface area contributed by atoms with E-state index in [1.165, 1.54) is 21.5 Å². The monoisotopic (exact) mass is 281 g/mol. The molecule has 0 spiro atoms. The molecule has 0 saturated heterocycles. The summed E-state index contributed by atoms with van der Waals surface area (Å²) in [7, 11) is 0. The average Bonchev–Trinajstić information content (AvgIpc) is 2.60. The van der Waals surface area contributed by atoms with Gasteiger partial charge in [-0.1, -0.05) is 72.8 Å². The lowest BCUT2D eigenvalue weighted by molar-refractivity contribution is 1.55. The maximum Gasteiger partial charge on any atom is 0.0636 e. The lowest BCUT2D eigenvalue weighted by Crippen LogP contribution is -1.80. The predicted molar refractivity (Wildman–Crippen MR) is 95.2 cm³/mol. The van der Waals surface area contributed by atoms with E-state index in [1.807, 2.05) is 24.4 Å². The summed E-state index contributed by atoms with van der Waals surface area (Å²) >= 11 is 0.